The summed E-state index contributed by atoms with van der Waals surface area (Å²) in [5.74, 6) is 0. The molecular weight excluding hydrogens is 181 g/mol. The van der Waals surface area contributed by atoms with Crippen molar-refractivity contribution >= 4 is 24.0 Å². The van der Waals surface area contributed by atoms with Crippen LogP contribution in [-0.2, 0) is 0 Å². The summed E-state index contributed by atoms with van der Waals surface area (Å²) in [5.41, 5.74) is 1.10. The number of pyridine rings is 1. The van der Waals surface area contributed by atoms with Crippen molar-refractivity contribution in [1.29, 1.82) is 0 Å². The molecule has 62 valence electrons. The van der Waals surface area contributed by atoms with Gasteiger partial charge in [0.25, 0.3) is 0 Å². The summed E-state index contributed by atoms with van der Waals surface area (Å²) < 4.78 is 0. The van der Waals surface area contributed by atoms with Crippen LogP contribution in [0.4, 0.5) is 0 Å². The minimum atomic E-state index is 0. The molecule has 1 unspecified atom stereocenters. The lowest BCUT2D eigenvalue weighted by atomic mass is 10.2. The molecule has 0 aliphatic rings. The monoisotopic (exact) mass is 191 g/mol. The fourth-order valence-corrected chi connectivity index (χ4v) is 0.926. The van der Waals surface area contributed by atoms with E-state index in [-0.39, 0.29) is 17.8 Å². The van der Waals surface area contributed by atoms with Crippen LogP contribution in [0.3, 0.4) is 0 Å². The van der Waals surface area contributed by atoms with E-state index in [1.54, 1.807) is 12.4 Å². The summed E-state index contributed by atoms with van der Waals surface area (Å²) in [6.07, 6.45) is 4.51. The number of hydrogen-bond donors (Lipinski definition) is 0. The van der Waals surface area contributed by atoms with Gasteiger partial charge in [-0.15, -0.1) is 24.0 Å². The predicted molar refractivity (Wildman–Crippen MR) is 50.4 cm³/mol. The van der Waals surface area contributed by atoms with E-state index in [9.17, 15) is 0 Å². The molecule has 1 atom stereocenters. The Bertz CT molecular complexity index is 189. The highest BCUT2D eigenvalue weighted by molar-refractivity contribution is 6.20. The van der Waals surface area contributed by atoms with Crippen molar-refractivity contribution in [2.75, 3.05) is 0 Å². The molecule has 0 saturated heterocycles. The smallest absolute Gasteiger partial charge is 0.0597 e. The average molecular weight is 192 g/mol. The van der Waals surface area contributed by atoms with Gasteiger partial charge in [-0.3, -0.25) is 4.98 Å². The van der Waals surface area contributed by atoms with E-state index in [0.29, 0.717) is 0 Å². The van der Waals surface area contributed by atoms with E-state index in [0.717, 1.165) is 12.0 Å². The molecule has 0 saturated carbocycles. The average Bonchev–Trinajstić information content (AvgIpc) is 2.05. The quantitative estimate of drug-likeness (QED) is 0.655. The third-order valence-electron chi connectivity index (χ3n) is 1.40. The molecule has 11 heavy (non-hydrogen) atoms. The molecule has 0 aliphatic carbocycles. The first kappa shape index (κ1) is 10.7. The molecule has 1 aromatic rings. The second kappa shape index (κ2) is 5.39. The second-order valence-electron chi connectivity index (χ2n) is 2.16. The van der Waals surface area contributed by atoms with Crippen LogP contribution in [0.15, 0.2) is 24.5 Å². The minimum absolute atomic E-state index is 0. The zero-order valence-corrected chi connectivity index (χ0v) is 7.90. The van der Waals surface area contributed by atoms with Crippen LogP contribution in [0.25, 0.3) is 0 Å². The fraction of sp³-hybridized carbons (Fsp3) is 0.375. The maximum absolute atomic E-state index is 5.95. The van der Waals surface area contributed by atoms with Crippen molar-refractivity contribution in [2.24, 2.45) is 0 Å². The van der Waals surface area contributed by atoms with E-state index in [1.807, 2.05) is 12.1 Å². The van der Waals surface area contributed by atoms with Gasteiger partial charge in [-0.25, -0.2) is 0 Å². The lowest BCUT2D eigenvalue weighted by Crippen LogP contribution is -1.87. The maximum Gasteiger partial charge on any atom is 0.0597 e. The number of rotatable bonds is 2. The Morgan fingerprint density at radius 1 is 1.64 bits per heavy atom. The first-order valence-electron chi connectivity index (χ1n) is 3.38. The molecule has 1 rings (SSSR count). The van der Waals surface area contributed by atoms with Crippen molar-refractivity contribution in [3.63, 3.8) is 0 Å². The molecule has 0 bridgehead atoms. The third-order valence-corrected chi connectivity index (χ3v) is 1.97. The molecule has 0 radical (unpaired) electrons. The van der Waals surface area contributed by atoms with E-state index < -0.39 is 0 Å². The number of hydrogen-bond acceptors (Lipinski definition) is 1. The van der Waals surface area contributed by atoms with Gasteiger partial charge >= 0.3 is 0 Å². The molecule has 0 aliphatic heterocycles. The minimum Gasteiger partial charge on any atom is -0.264 e. The van der Waals surface area contributed by atoms with Gasteiger partial charge in [-0.1, -0.05) is 13.0 Å². The maximum atomic E-state index is 5.95. The van der Waals surface area contributed by atoms with Crippen molar-refractivity contribution in [2.45, 2.75) is 18.7 Å². The van der Waals surface area contributed by atoms with Crippen LogP contribution >= 0.6 is 24.0 Å². The van der Waals surface area contributed by atoms with Gasteiger partial charge in [0.15, 0.2) is 0 Å². The predicted octanol–water partition coefficient (Wildman–Crippen LogP) is 3.19. The Morgan fingerprint density at radius 3 is 2.82 bits per heavy atom. The van der Waals surface area contributed by atoms with E-state index >= 15 is 0 Å². The highest BCUT2D eigenvalue weighted by Gasteiger charge is 2.02. The Kier molecular flexibility index (Phi) is 5.26. The number of halogens is 2. The molecule has 0 amide bonds. The SMILES string of the molecule is CCC(Cl)c1cccnc1.Cl. The number of nitrogens with zero attached hydrogens (tertiary/aromatic N) is 1. The van der Waals surface area contributed by atoms with Gasteiger partial charge < -0.3 is 0 Å². The van der Waals surface area contributed by atoms with Gasteiger partial charge in [0.05, 0.1) is 5.38 Å². The van der Waals surface area contributed by atoms with Crippen molar-refractivity contribution < 1.29 is 0 Å². The Balaban J connectivity index is 0.000001000. The van der Waals surface area contributed by atoms with Gasteiger partial charge in [-0.2, -0.15) is 0 Å². The molecule has 3 heteroatoms. The van der Waals surface area contributed by atoms with Crippen molar-refractivity contribution in [3.05, 3.63) is 30.1 Å². The lowest BCUT2D eigenvalue weighted by molar-refractivity contribution is 0.877. The van der Waals surface area contributed by atoms with Crippen LogP contribution in [-0.4, -0.2) is 4.98 Å². The van der Waals surface area contributed by atoms with Crippen LogP contribution in [0.5, 0.6) is 0 Å². The van der Waals surface area contributed by atoms with Crippen molar-refractivity contribution in [1.82, 2.24) is 4.98 Å². The zero-order valence-electron chi connectivity index (χ0n) is 6.33. The number of aromatic nitrogens is 1. The van der Waals surface area contributed by atoms with E-state index in [2.05, 4.69) is 11.9 Å². The summed E-state index contributed by atoms with van der Waals surface area (Å²) in [6, 6.07) is 3.90. The Hall–Kier alpha value is -0.270. The van der Waals surface area contributed by atoms with Crippen LogP contribution in [0.2, 0.25) is 0 Å². The van der Waals surface area contributed by atoms with E-state index in [1.165, 1.54) is 0 Å². The molecule has 0 spiro atoms. The highest BCUT2D eigenvalue weighted by atomic mass is 35.5. The van der Waals surface area contributed by atoms with Gasteiger partial charge in [0.2, 0.25) is 0 Å². The first-order chi connectivity index (χ1) is 4.84. The summed E-state index contributed by atoms with van der Waals surface area (Å²) in [7, 11) is 0. The molecule has 0 fully saturated rings. The normalized spacial score (nSPS) is 11.8. The van der Waals surface area contributed by atoms with Gasteiger partial charge in [0.1, 0.15) is 0 Å². The molecule has 1 nitrogen and oxygen atoms in total. The highest BCUT2D eigenvalue weighted by Crippen LogP contribution is 2.21. The van der Waals surface area contributed by atoms with Crippen LogP contribution in [0, 0.1) is 0 Å². The summed E-state index contributed by atoms with van der Waals surface area (Å²) in [5, 5.41) is 0.119. The molecule has 0 N–H and O–H groups in total. The van der Waals surface area contributed by atoms with Crippen LogP contribution in [0.1, 0.15) is 24.3 Å². The first-order valence-corrected chi connectivity index (χ1v) is 3.82. The molecule has 0 aromatic carbocycles. The number of alkyl halides is 1. The Morgan fingerprint density at radius 2 is 2.36 bits per heavy atom. The van der Waals surface area contributed by atoms with E-state index in [4.69, 9.17) is 11.6 Å². The Labute approximate surface area is 78.2 Å². The summed E-state index contributed by atoms with van der Waals surface area (Å²) in [4.78, 5) is 3.97. The zero-order chi connectivity index (χ0) is 7.40. The lowest BCUT2D eigenvalue weighted by Gasteiger charge is -2.03. The van der Waals surface area contributed by atoms with Crippen LogP contribution < -0.4 is 0 Å². The molecule has 1 heterocycles. The second-order valence-corrected chi connectivity index (χ2v) is 2.69. The summed E-state index contributed by atoms with van der Waals surface area (Å²) >= 11 is 5.95. The fourth-order valence-electron chi connectivity index (χ4n) is 0.797. The largest absolute Gasteiger partial charge is 0.264 e. The van der Waals surface area contributed by atoms with Gasteiger partial charge in [-0.05, 0) is 18.1 Å². The summed E-state index contributed by atoms with van der Waals surface area (Å²) in [6.45, 7) is 2.06. The molecule has 1 aromatic heterocycles. The standard InChI is InChI=1S/C8H10ClN.ClH/c1-2-8(9)7-4-3-5-10-6-7;/h3-6,8H,2H2,1H3;1H. The van der Waals surface area contributed by atoms with Crippen molar-refractivity contribution in [3.8, 4) is 0 Å². The topological polar surface area (TPSA) is 12.9 Å². The van der Waals surface area contributed by atoms with Gasteiger partial charge in [0, 0.05) is 12.4 Å². The third kappa shape index (κ3) is 3.08. The molecular formula is C8H11Cl2N.